The second-order valence-electron chi connectivity index (χ2n) is 7.88. The second-order valence-corrected chi connectivity index (χ2v) is 7.88. The molecule has 0 saturated heterocycles. The third-order valence-corrected chi connectivity index (χ3v) is 6.09. The summed E-state index contributed by atoms with van der Waals surface area (Å²) in [4.78, 5) is 2.27. The molecule has 0 spiro atoms. The van der Waals surface area contributed by atoms with Gasteiger partial charge >= 0.3 is 7.69 Å². The van der Waals surface area contributed by atoms with Gasteiger partial charge in [0.05, 0.1) is 5.69 Å². The van der Waals surface area contributed by atoms with Crippen LogP contribution in [0.2, 0.25) is 0 Å². The molecular formula is C28H20BNO2. The van der Waals surface area contributed by atoms with Crippen LogP contribution in [0.4, 0.5) is 17.1 Å². The van der Waals surface area contributed by atoms with Crippen LogP contribution in [0, 0.1) is 0 Å². The smallest absolute Gasteiger partial charge is 0.504 e. The van der Waals surface area contributed by atoms with E-state index in [9.17, 15) is 0 Å². The van der Waals surface area contributed by atoms with Gasteiger partial charge in [0.25, 0.3) is 0 Å². The van der Waals surface area contributed by atoms with Crippen LogP contribution in [0.1, 0.15) is 0 Å². The van der Waals surface area contributed by atoms with Crippen molar-refractivity contribution in [2.24, 2.45) is 0 Å². The number of benzene rings is 6. The van der Waals surface area contributed by atoms with E-state index >= 15 is 0 Å². The Hall–Kier alpha value is -4.02. The van der Waals surface area contributed by atoms with Gasteiger partial charge in [0.1, 0.15) is 5.75 Å². The molecule has 0 saturated carbocycles. The Kier molecular flexibility index (Phi) is 4.44. The average molecular weight is 413 g/mol. The molecule has 1 N–H and O–H groups in total. The summed E-state index contributed by atoms with van der Waals surface area (Å²) in [5.41, 5.74) is 3.23. The number of hydrogen-bond donors (Lipinski definition) is 1. The summed E-state index contributed by atoms with van der Waals surface area (Å²) in [5.74, 6) is 0.639. The van der Waals surface area contributed by atoms with Crippen molar-refractivity contribution in [2.75, 3.05) is 4.90 Å². The number of nitrogens with zero attached hydrogens (tertiary/aromatic N) is 1. The van der Waals surface area contributed by atoms with Gasteiger partial charge in [-0.3, -0.25) is 0 Å². The van der Waals surface area contributed by atoms with Crippen LogP contribution in [0.3, 0.4) is 0 Å². The highest BCUT2D eigenvalue weighted by molar-refractivity contribution is 6.25. The minimum absolute atomic E-state index is 0.337. The topological polar surface area (TPSA) is 32.7 Å². The van der Waals surface area contributed by atoms with Gasteiger partial charge in [-0.15, -0.1) is 0 Å². The molecule has 6 aromatic carbocycles. The van der Waals surface area contributed by atoms with E-state index in [1.807, 2.05) is 30.3 Å². The summed E-state index contributed by atoms with van der Waals surface area (Å²) in [7, 11) is -0.337. The molecule has 6 rings (SSSR count). The monoisotopic (exact) mass is 413 g/mol. The minimum Gasteiger partial charge on any atom is -0.539 e. The molecule has 4 heteroatoms. The lowest BCUT2D eigenvalue weighted by Crippen LogP contribution is -2.10. The molecule has 0 radical (unpaired) electrons. The Labute approximate surface area is 186 Å². The number of anilines is 3. The predicted molar refractivity (Wildman–Crippen MR) is 135 cm³/mol. The zero-order valence-electron chi connectivity index (χ0n) is 17.4. The molecule has 0 bridgehead atoms. The number of rotatable bonds is 5. The first-order chi connectivity index (χ1) is 15.8. The van der Waals surface area contributed by atoms with Gasteiger partial charge in [0.2, 0.25) is 0 Å². The zero-order valence-corrected chi connectivity index (χ0v) is 17.4. The highest BCUT2D eigenvalue weighted by Crippen LogP contribution is 2.43. The average Bonchev–Trinajstić information content (AvgIpc) is 2.85. The van der Waals surface area contributed by atoms with E-state index in [2.05, 4.69) is 83.8 Å². The van der Waals surface area contributed by atoms with Crippen LogP contribution in [-0.2, 0) is 0 Å². The Balaban J connectivity index is 1.63. The third kappa shape index (κ3) is 2.96. The summed E-state index contributed by atoms with van der Waals surface area (Å²) in [5, 5.41) is 16.7. The maximum atomic E-state index is 9.07. The van der Waals surface area contributed by atoms with Crippen molar-refractivity contribution in [3.8, 4) is 5.75 Å². The van der Waals surface area contributed by atoms with Crippen LogP contribution < -0.4 is 9.55 Å². The lowest BCUT2D eigenvalue weighted by atomic mass is 9.93. The van der Waals surface area contributed by atoms with Crippen molar-refractivity contribution < 1.29 is 9.68 Å². The lowest BCUT2D eigenvalue weighted by Gasteiger charge is -2.27. The summed E-state index contributed by atoms with van der Waals surface area (Å²) in [6.45, 7) is 0. The molecule has 0 aliphatic heterocycles. The highest BCUT2D eigenvalue weighted by atomic mass is 16.5. The minimum atomic E-state index is -0.337. The maximum Gasteiger partial charge on any atom is 0.504 e. The van der Waals surface area contributed by atoms with Gasteiger partial charge in [-0.2, -0.15) is 0 Å². The van der Waals surface area contributed by atoms with Crippen molar-refractivity contribution in [2.45, 2.75) is 0 Å². The van der Waals surface area contributed by atoms with E-state index in [1.165, 1.54) is 32.3 Å². The fraction of sp³-hybridized carbons (Fsp3) is 0. The van der Waals surface area contributed by atoms with Crippen molar-refractivity contribution in [3.05, 3.63) is 109 Å². The Morgan fingerprint density at radius 1 is 0.562 bits per heavy atom. The van der Waals surface area contributed by atoms with Crippen molar-refractivity contribution in [3.63, 3.8) is 0 Å². The normalized spacial score (nSPS) is 11.3. The van der Waals surface area contributed by atoms with E-state index in [0.29, 0.717) is 5.75 Å². The van der Waals surface area contributed by atoms with Crippen LogP contribution in [0.5, 0.6) is 5.75 Å². The standard InChI is InChI=1S/C28H20BNO2/c31-29-32-24-15-13-23(14-16-24)30(22-7-2-1-3-8-22)26-18-12-21-10-9-19-5-4-6-20-11-17-25(26)28(21)27(19)20/h1-18,29,31H. The highest BCUT2D eigenvalue weighted by Gasteiger charge is 2.18. The van der Waals surface area contributed by atoms with Crippen LogP contribution >= 0.6 is 0 Å². The molecule has 0 fully saturated rings. The Bertz CT molecular complexity index is 1510. The van der Waals surface area contributed by atoms with Gasteiger partial charge in [0, 0.05) is 16.8 Å². The van der Waals surface area contributed by atoms with Gasteiger partial charge in [0.15, 0.2) is 0 Å². The van der Waals surface area contributed by atoms with E-state index < -0.39 is 0 Å². The van der Waals surface area contributed by atoms with E-state index in [1.54, 1.807) is 0 Å². The molecule has 0 atom stereocenters. The SMILES string of the molecule is OBOc1ccc(N(c2ccccc2)c2ccc3ccc4cccc5ccc2c3c45)cc1. The van der Waals surface area contributed by atoms with E-state index in [0.717, 1.165) is 17.1 Å². The fourth-order valence-corrected chi connectivity index (χ4v) is 4.69. The van der Waals surface area contributed by atoms with Crippen LogP contribution in [-0.4, -0.2) is 12.7 Å². The molecule has 0 aromatic heterocycles. The molecule has 0 aliphatic carbocycles. The fourth-order valence-electron chi connectivity index (χ4n) is 4.69. The molecule has 6 aromatic rings. The van der Waals surface area contributed by atoms with E-state index in [4.69, 9.17) is 9.68 Å². The predicted octanol–water partition coefficient (Wildman–Crippen LogP) is 6.69. The van der Waals surface area contributed by atoms with Gasteiger partial charge in [-0.1, -0.05) is 66.7 Å². The Morgan fingerprint density at radius 2 is 1.19 bits per heavy atom. The van der Waals surface area contributed by atoms with E-state index in [-0.39, 0.29) is 7.69 Å². The van der Waals surface area contributed by atoms with Crippen molar-refractivity contribution >= 4 is 57.1 Å². The third-order valence-electron chi connectivity index (χ3n) is 6.09. The first-order valence-corrected chi connectivity index (χ1v) is 10.7. The molecule has 0 unspecified atom stereocenters. The molecular weight excluding hydrogens is 393 g/mol. The lowest BCUT2D eigenvalue weighted by molar-refractivity contribution is 0.454. The number of para-hydroxylation sites is 1. The molecule has 3 nitrogen and oxygen atoms in total. The van der Waals surface area contributed by atoms with Gasteiger partial charge < -0.3 is 14.6 Å². The molecule has 32 heavy (non-hydrogen) atoms. The van der Waals surface area contributed by atoms with Gasteiger partial charge in [-0.25, -0.2) is 0 Å². The molecule has 0 amide bonds. The van der Waals surface area contributed by atoms with Crippen molar-refractivity contribution in [1.82, 2.24) is 0 Å². The van der Waals surface area contributed by atoms with Crippen LogP contribution in [0.25, 0.3) is 32.3 Å². The first kappa shape index (κ1) is 18.7. The maximum absolute atomic E-state index is 9.07. The summed E-state index contributed by atoms with van der Waals surface area (Å²) in [6, 6.07) is 38.0. The molecule has 0 aliphatic rings. The Morgan fingerprint density at radius 3 is 1.91 bits per heavy atom. The van der Waals surface area contributed by atoms with Gasteiger partial charge in [-0.05, 0) is 69.4 Å². The summed E-state index contributed by atoms with van der Waals surface area (Å²) in [6.07, 6.45) is 0. The molecule has 152 valence electrons. The largest absolute Gasteiger partial charge is 0.539 e. The summed E-state index contributed by atoms with van der Waals surface area (Å²) >= 11 is 0. The number of hydrogen-bond acceptors (Lipinski definition) is 3. The zero-order chi connectivity index (χ0) is 21.5. The molecule has 0 heterocycles. The van der Waals surface area contributed by atoms with Crippen LogP contribution in [0.15, 0.2) is 109 Å². The second kappa shape index (κ2) is 7.59. The summed E-state index contributed by atoms with van der Waals surface area (Å²) < 4.78 is 5.24. The van der Waals surface area contributed by atoms with Crippen molar-refractivity contribution in [1.29, 1.82) is 0 Å². The quantitative estimate of drug-likeness (QED) is 0.252. The first-order valence-electron chi connectivity index (χ1n) is 10.7.